The number of nitrogens with two attached hydrogens (primary N) is 1. The highest BCUT2D eigenvalue weighted by molar-refractivity contribution is 6.31. The van der Waals surface area contributed by atoms with E-state index in [1.807, 2.05) is 12.3 Å². The lowest BCUT2D eigenvalue weighted by molar-refractivity contribution is 0.254. The average Bonchev–Trinajstić information content (AvgIpc) is 2.49. The van der Waals surface area contributed by atoms with Crippen molar-refractivity contribution in [2.75, 3.05) is 6.54 Å². The van der Waals surface area contributed by atoms with Crippen LogP contribution in [0.3, 0.4) is 0 Å². The Morgan fingerprint density at radius 2 is 2.00 bits per heavy atom. The molecule has 1 heterocycles. The quantitative estimate of drug-likeness (QED) is 0.939. The summed E-state index contributed by atoms with van der Waals surface area (Å²) < 4.78 is 0. The third-order valence-electron chi connectivity index (χ3n) is 4.46. The zero-order chi connectivity index (χ0) is 14.0. The Labute approximate surface area is 125 Å². The van der Waals surface area contributed by atoms with E-state index in [0.29, 0.717) is 6.54 Å². The van der Waals surface area contributed by atoms with Crippen LogP contribution in [0.25, 0.3) is 0 Å². The Morgan fingerprint density at radius 3 is 2.75 bits per heavy atom. The molecule has 0 spiro atoms. The Hall–Kier alpha value is -1.38. The van der Waals surface area contributed by atoms with Crippen molar-refractivity contribution >= 4 is 11.6 Å². The van der Waals surface area contributed by atoms with Gasteiger partial charge in [-0.25, -0.2) is 0 Å². The Balaban J connectivity index is 1.89. The SMILES string of the molecule is NCC1(Cc2ccncc2Cl)CCc2ccccc2C1. The molecule has 0 fully saturated rings. The minimum atomic E-state index is 0.124. The molecule has 0 amide bonds. The molecule has 2 nitrogen and oxygen atoms in total. The molecule has 0 saturated carbocycles. The number of aryl methyl sites for hydroxylation is 1. The van der Waals surface area contributed by atoms with Crippen molar-refractivity contribution in [3.63, 3.8) is 0 Å². The zero-order valence-corrected chi connectivity index (χ0v) is 12.2. The zero-order valence-electron chi connectivity index (χ0n) is 11.5. The van der Waals surface area contributed by atoms with E-state index in [1.54, 1.807) is 6.20 Å². The second-order valence-electron chi connectivity index (χ2n) is 5.79. The van der Waals surface area contributed by atoms with Gasteiger partial charge < -0.3 is 5.73 Å². The summed E-state index contributed by atoms with van der Waals surface area (Å²) in [6, 6.07) is 10.7. The number of fused-ring (bicyclic) bond motifs is 1. The number of hydrogen-bond acceptors (Lipinski definition) is 2. The van der Waals surface area contributed by atoms with Crippen LogP contribution in [0, 0.1) is 5.41 Å². The predicted octanol–water partition coefficient (Wildman–Crippen LogP) is 3.41. The second kappa shape index (κ2) is 5.55. The average molecular weight is 287 g/mol. The first-order valence-electron chi connectivity index (χ1n) is 7.08. The van der Waals surface area contributed by atoms with Crippen molar-refractivity contribution in [1.82, 2.24) is 4.98 Å². The number of hydrogen-bond donors (Lipinski definition) is 1. The molecule has 20 heavy (non-hydrogen) atoms. The van der Waals surface area contributed by atoms with Gasteiger partial charge in [0.25, 0.3) is 0 Å². The molecule has 2 aromatic rings. The number of pyridine rings is 1. The summed E-state index contributed by atoms with van der Waals surface area (Å²) in [7, 11) is 0. The second-order valence-corrected chi connectivity index (χ2v) is 6.20. The minimum Gasteiger partial charge on any atom is -0.330 e. The maximum absolute atomic E-state index is 6.26. The summed E-state index contributed by atoms with van der Waals surface area (Å²) in [6.45, 7) is 0.694. The van der Waals surface area contributed by atoms with Crippen molar-refractivity contribution in [3.05, 3.63) is 64.4 Å². The highest BCUT2D eigenvalue weighted by atomic mass is 35.5. The normalized spacial score (nSPS) is 21.5. The van der Waals surface area contributed by atoms with Gasteiger partial charge in [0.2, 0.25) is 0 Å². The van der Waals surface area contributed by atoms with Crippen molar-refractivity contribution in [3.8, 4) is 0 Å². The van der Waals surface area contributed by atoms with Gasteiger partial charge in [0.05, 0.1) is 5.02 Å². The lowest BCUT2D eigenvalue weighted by atomic mass is 9.68. The van der Waals surface area contributed by atoms with Crippen LogP contribution in [0.4, 0.5) is 0 Å². The molecule has 104 valence electrons. The van der Waals surface area contributed by atoms with Gasteiger partial charge in [-0.15, -0.1) is 0 Å². The van der Waals surface area contributed by atoms with E-state index in [2.05, 4.69) is 29.2 Å². The molecule has 0 aliphatic heterocycles. The summed E-state index contributed by atoms with van der Waals surface area (Å²) >= 11 is 6.26. The van der Waals surface area contributed by atoms with Crippen molar-refractivity contribution in [1.29, 1.82) is 0 Å². The van der Waals surface area contributed by atoms with E-state index in [4.69, 9.17) is 17.3 Å². The largest absolute Gasteiger partial charge is 0.330 e. The van der Waals surface area contributed by atoms with Crippen LogP contribution in [0.15, 0.2) is 42.7 Å². The Bertz CT molecular complexity index is 611. The number of nitrogens with zero attached hydrogens (tertiary/aromatic N) is 1. The summed E-state index contributed by atoms with van der Waals surface area (Å²) in [5, 5.41) is 0.749. The van der Waals surface area contributed by atoms with E-state index in [1.165, 1.54) is 11.1 Å². The summed E-state index contributed by atoms with van der Waals surface area (Å²) in [5.74, 6) is 0. The van der Waals surface area contributed by atoms with Gasteiger partial charge in [0.1, 0.15) is 0 Å². The fraction of sp³-hybridized carbons (Fsp3) is 0.353. The highest BCUT2D eigenvalue weighted by Gasteiger charge is 2.33. The van der Waals surface area contributed by atoms with Gasteiger partial charge in [0, 0.05) is 12.4 Å². The van der Waals surface area contributed by atoms with Crippen LogP contribution in [-0.4, -0.2) is 11.5 Å². The van der Waals surface area contributed by atoms with Gasteiger partial charge in [0.15, 0.2) is 0 Å². The van der Waals surface area contributed by atoms with E-state index in [0.717, 1.165) is 36.3 Å². The molecule has 1 aromatic carbocycles. The molecule has 1 aromatic heterocycles. The molecule has 0 radical (unpaired) electrons. The molecule has 3 heteroatoms. The predicted molar refractivity (Wildman–Crippen MR) is 82.9 cm³/mol. The van der Waals surface area contributed by atoms with Gasteiger partial charge in [-0.3, -0.25) is 4.98 Å². The molecule has 0 saturated heterocycles. The number of halogens is 1. The lowest BCUT2D eigenvalue weighted by Crippen LogP contribution is -2.38. The van der Waals surface area contributed by atoms with Crippen LogP contribution in [0.5, 0.6) is 0 Å². The summed E-state index contributed by atoms with van der Waals surface area (Å²) in [4.78, 5) is 4.06. The van der Waals surface area contributed by atoms with Gasteiger partial charge in [-0.1, -0.05) is 35.9 Å². The molecule has 2 N–H and O–H groups in total. The molecule has 1 atom stereocenters. The first kappa shape index (κ1) is 13.6. The summed E-state index contributed by atoms with van der Waals surface area (Å²) in [5.41, 5.74) is 10.3. The molecule has 0 bridgehead atoms. The minimum absolute atomic E-state index is 0.124. The standard InChI is InChI=1S/C17H19ClN2/c18-16-11-20-8-6-15(16)10-17(12-19)7-5-13-3-1-2-4-14(13)9-17/h1-4,6,8,11H,5,7,9-10,12,19H2. The topological polar surface area (TPSA) is 38.9 Å². The summed E-state index contributed by atoms with van der Waals surface area (Å²) in [6.07, 6.45) is 7.73. The number of aromatic nitrogens is 1. The van der Waals surface area contributed by atoms with Crippen LogP contribution < -0.4 is 5.73 Å². The first-order valence-corrected chi connectivity index (χ1v) is 7.45. The number of rotatable bonds is 3. The number of benzene rings is 1. The van der Waals surface area contributed by atoms with Gasteiger partial charge >= 0.3 is 0 Å². The van der Waals surface area contributed by atoms with Crippen LogP contribution in [-0.2, 0) is 19.3 Å². The van der Waals surface area contributed by atoms with Crippen LogP contribution >= 0.6 is 11.6 Å². The highest BCUT2D eigenvalue weighted by Crippen LogP contribution is 2.38. The smallest absolute Gasteiger partial charge is 0.0621 e. The van der Waals surface area contributed by atoms with Crippen LogP contribution in [0.1, 0.15) is 23.1 Å². The van der Waals surface area contributed by atoms with E-state index >= 15 is 0 Å². The van der Waals surface area contributed by atoms with Crippen molar-refractivity contribution in [2.24, 2.45) is 11.1 Å². The molecule has 1 aliphatic carbocycles. The van der Waals surface area contributed by atoms with Crippen molar-refractivity contribution in [2.45, 2.75) is 25.7 Å². The Morgan fingerprint density at radius 1 is 1.20 bits per heavy atom. The van der Waals surface area contributed by atoms with Gasteiger partial charge in [-0.05, 0) is 60.4 Å². The van der Waals surface area contributed by atoms with E-state index in [9.17, 15) is 0 Å². The lowest BCUT2D eigenvalue weighted by Gasteiger charge is -2.37. The molecule has 3 rings (SSSR count). The third-order valence-corrected chi connectivity index (χ3v) is 4.80. The fourth-order valence-electron chi connectivity index (χ4n) is 3.21. The maximum atomic E-state index is 6.26. The van der Waals surface area contributed by atoms with Gasteiger partial charge in [-0.2, -0.15) is 0 Å². The Kier molecular flexibility index (Phi) is 3.77. The van der Waals surface area contributed by atoms with Crippen molar-refractivity contribution < 1.29 is 0 Å². The molecular formula is C17H19ClN2. The molecule has 1 aliphatic rings. The maximum Gasteiger partial charge on any atom is 0.0621 e. The third kappa shape index (κ3) is 2.58. The van der Waals surface area contributed by atoms with Crippen LogP contribution in [0.2, 0.25) is 5.02 Å². The fourth-order valence-corrected chi connectivity index (χ4v) is 3.40. The van der Waals surface area contributed by atoms with E-state index in [-0.39, 0.29) is 5.41 Å². The molecule has 1 unspecified atom stereocenters. The monoisotopic (exact) mass is 286 g/mol. The first-order chi connectivity index (χ1) is 9.72. The molecular weight excluding hydrogens is 268 g/mol. The van der Waals surface area contributed by atoms with E-state index < -0.39 is 0 Å².